The van der Waals surface area contributed by atoms with Crippen LogP contribution in [0.3, 0.4) is 0 Å². The molecule has 0 fully saturated rings. The summed E-state index contributed by atoms with van der Waals surface area (Å²) < 4.78 is 25.3. The summed E-state index contributed by atoms with van der Waals surface area (Å²) >= 11 is 6.00. The van der Waals surface area contributed by atoms with E-state index < -0.39 is 33.3 Å². The molecule has 0 bridgehead atoms. The topological polar surface area (TPSA) is 92.3 Å². The molecule has 0 saturated heterocycles. The highest BCUT2D eigenvalue weighted by Crippen LogP contribution is 2.31. The van der Waals surface area contributed by atoms with Gasteiger partial charge in [0.05, 0.1) is 17.0 Å². The molecule has 1 aliphatic rings. The second-order valence-corrected chi connectivity index (χ2v) is 8.19. The Morgan fingerprint density at radius 3 is 2.68 bits per heavy atom. The highest BCUT2D eigenvalue weighted by molar-refractivity contribution is 7.93. The summed E-state index contributed by atoms with van der Waals surface area (Å²) in [7, 11) is -3.94. The number of halogens is 1. The van der Waals surface area contributed by atoms with Gasteiger partial charge in [0.25, 0.3) is 0 Å². The van der Waals surface area contributed by atoms with Crippen molar-refractivity contribution in [3.05, 3.63) is 53.1 Å². The van der Waals surface area contributed by atoms with Gasteiger partial charge in [0.15, 0.2) is 15.1 Å². The summed E-state index contributed by atoms with van der Waals surface area (Å²) in [6, 6.07) is 11.1. The Labute approximate surface area is 150 Å². The zero-order valence-corrected chi connectivity index (χ0v) is 14.8. The zero-order chi connectivity index (χ0) is 18.2. The number of nitrogens with one attached hydrogen (secondary N) is 2. The number of fused-ring (bicyclic) bond motifs is 1. The normalized spacial score (nSPS) is 18.2. The van der Waals surface area contributed by atoms with Crippen molar-refractivity contribution in [1.29, 1.82) is 0 Å². The first-order valence-electron chi connectivity index (χ1n) is 7.49. The molecule has 0 radical (unpaired) electrons. The number of benzene rings is 2. The van der Waals surface area contributed by atoms with E-state index in [1.807, 2.05) is 0 Å². The van der Waals surface area contributed by atoms with Gasteiger partial charge in [-0.15, -0.1) is 0 Å². The largest absolute Gasteiger partial charge is 0.326 e. The molecular weight excluding hydrogens is 364 g/mol. The van der Waals surface area contributed by atoms with Crippen molar-refractivity contribution in [2.24, 2.45) is 0 Å². The van der Waals surface area contributed by atoms with Crippen LogP contribution in [0.4, 0.5) is 11.4 Å². The van der Waals surface area contributed by atoms with Gasteiger partial charge >= 0.3 is 0 Å². The summed E-state index contributed by atoms with van der Waals surface area (Å²) in [5.74, 6) is -1.29. The Hall–Kier alpha value is -2.38. The fourth-order valence-electron chi connectivity index (χ4n) is 2.64. The van der Waals surface area contributed by atoms with Crippen LogP contribution in [0.2, 0.25) is 5.02 Å². The summed E-state index contributed by atoms with van der Waals surface area (Å²) in [5, 5.41) is 4.16. The quantitative estimate of drug-likeness (QED) is 0.858. The van der Waals surface area contributed by atoms with Crippen molar-refractivity contribution in [3.63, 3.8) is 0 Å². The van der Waals surface area contributed by atoms with Crippen molar-refractivity contribution in [2.45, 2.75) is 23.5 Å². The Bertz CT molecular complexity index is 972. The van der Waals surface area contributed by atoms with Crippen molar-refractivity contribution >= 4 is 44.6 Å². The van der Waals surface area contributed by atoms with E-state index in [1.54, 1.807) is 37.3 Å². The lowest BCUT2D eigenvalue weighted by Gasteiger charge is -2.24. The van der Waals surface area contributed by atoms with Crippen LogP contribution in [0.5, 0.6) is 0 Å². The van der Waals surface area contributed by atoms with Crippen LogP contribution in [0.15, 0.2) is 47.4 Å². The van der Waals surface area contributed by atoms with Crippen molar-refractivity contribution in [2.75, 3.05) is 10.6 Å². The molecule has 1 heterocycles. The molecule has 130 valence electrons. The second-order valence-electron chi connectivity index (χ2n) is 5.68. The Morgan fingerprint density at radius 2 is 1.92 bits per heavy atom. The lowest BCUT2D eigenvalue weighted by molar-refractivity contribution is -0.121. The molecule has 3 rings (SSSR count). The third-order valence-electron chi connectivity index (χ3n) is 4.03. The molecule has 2 N–H and O–H groups in total. The summed E-state index contributed by atoms with van der Waals surface area (Å²) in [5.41, 5.74) is 1.38. The predicted molar refractivity (Wildman–Crippen MR) is 95.5 cm³/mol. The van der Waals surface area contributed by atoms with E-state index in [-0.39, 0.29) is 10.6 Å². The van der Waals surface area contributed by atoms with Crippen LogP contribution in [0.25, 0.3) is 0 Å². The number of para-hydroxylation sites is 1. The summed E-state index contributed by atoms with van der Waals surface area (Å²) in [4.78, 5) is 24.5. The fourth-order valence-corrected chi connectivity index (χ4v) is 4.53. The first-order chi connectivity index (χ1) is 11.8. The number of rotatable bonds is 3. The average Bonchev–Trinajstić information content (AvgIpc) is 2.56. The number of sulfone groups is 1. The molecule has 6 nitrogen and oxygen atoms in total. The third kappa shape index (κ3) is 3.25. The SMILES string of the molecule is Cc1c(Cl)cccc1NC(=O)C[C@H]1C(=O)Nc2ccccc2S1(=O)=O. The van der Waals surface area contributed by atoms with Crippen molar-refractivity contribution in [1.82, 2.24) is 0 Å². The van der Waals surface area contributed by atoms with E-state index >= 15 is 0 Å². The molecule has 2 amide bonds. The third-order valence-corrected chi connectivity index (χ3v) is 6.54. The van der Waals surface area contributed by atoms with Gasteiger partial charge in [0, 0.05) is 10.7 Å². The monoisotopic (exact) mass is 378 g/mol. The van der Waals surface area contributed by atoms with Crippen LogP contribution >= 0.6 is 11.6 Å². The smallest absolute Gasteiger partial charge is 0.243 e. The number of hydrogen-bond donors (Lipinski definition) is 2. The van der Waals surface area contributed by atoms with E-state index in [2.05, 4.69) is 10.6 Å². The maximum Gasteiger partial charge on any atom is 0.243 e. The van der Waals surface area contributed by atoms with E-state index in [1.165, 1.54) is 12.1 Å². The van der Waals surface area contributed by atoms with E-state index in [9.17, 15) is 18.0 Å². The van der Waals surface area contributed by atoms with Gasteiger partial charge in [-0.25, -0.2) is 8.42 Å². The van der Waals surface area contributed by atoms with E-state index in [4.69, 9.17) is 11.6 Å². The molecule has 2 aromatic rings. The average molecular weight is 379 g/mol. The molecule has 1 aliphatic heterocycles. The number of hydrogen-bond acceptors (Lipinski definition) is 4. The van der Waals surface area contributed by atoms with Gasteiger partial charge in [-0.05, 0) is 36.8 Å². The maximum absolute atomic E-state index is 12.7. The molecule has 0 unspecified atom stereocenters. The Balaban J connectivity index is 1.84. The molecule has 1 atom stereocenters. The van der Waals surface area contributed by atoms with Gasteiger partial charge in [-0.2, -0.15) is 0 Å². The minimum absolute atomic E-state index is 0.0198. The van der Waals surface area contributed by atoms with Crippen LogP contribution in [0, 0.1) is 6.92 Å². The molecular formula is C17H15ClN2O4S. The Morgan fingerprint density at radius 1 is 1.20 bits per heavy atom. The predicted octanol–water partition coefficient (Wildman–Crippen LogP) is 2.77. The van der Waals surface area contributed by atoms with Gasteiger partial charge in [0.2, 0.25) is 11.8 Å². The number of carbonyl (C=O) groups excluding carboxylic acids is 2. The van der Waals surface area contributed by atoms with Crippen molar-refractivity contribution in [3.8, 4) is 0 Å². The lowest BCUT2D eigenvalue weighted by Crippen LogP contribution is -2.42. The van der Waals surface area contributed by atoms with Gasteiger partial charge in [-0.1, -0.05) is 29.8 Å². The van der Waals surface area contributed by atoms with E-state index in [0.29, 0.717) is 16.3 Å². The number of anilines is 2. The molecule has 8 heteroatoms. The zero-order valence-electron chi connectivity index (χ0n) is 13.2. The number of carbonyl (C=O) groups is 2. The fraction of sp³-hybridized carbons (Fsp3) is 0.176. The summed E-state index contributed by atoms with van der Waals surface area (Å²) in [6.07, 6.45) is -0.478. The van der Waals surface area contributed by atoms with Crippen LogP contribution in [0.1, 0.15) is 12.0 Å². The molecule has 0 saturated carbocycles. The lowest BCUT2D eigenvalue weighted by atomic mass is 10.2. The first-order valence-corrected chi connectivity index (χ1v) is 9.42. The van der Waals surface area contributed by atoms with Gasteiger partial charge in [-0.3, -0.25) is 9.59 Å². The minimum atomic E-state index is -3.94. The van der Waals surface area contributed by atoms with Gasteiger partial charge < -0.3 is 10.6 Å². The molecule has 2 aromatic carbocycles. The van der Waals surface area contributed by atoms with E-state index in [0.717, 1.165) is 0 Å². The molecule has 0 aliphatic carbocycles. The molecule has 0 aromatic heterocycles. The van der Waals surface area contributed by atoms with Crippen molar-refractivity contribution < 1.29 is 18.0 Å². The van der Waals surface area contributed by atoms with Crippen LogP contribution in [-0.2, 0) is 19.4 Å². The highest BCUT2D eigenvalue weighted by atomic mass is 35.5. The minimum Gasteiger partial charge on any atom is -0.326 e. The summed E-state index contributed by atoms with van der Waals surface area (Å²) in [6.45, 7) is 1.73. The highest BCUT2D eigenvalue weighted by Gasteiger charge is 2.41. The maximum atomic E-state index is 12.7. The molecule has 25 heavy (non-hydrogen) atoms. The van der Waals surface area contributed by atoms with Gasteiger partial charge in [0.1, 0.15) is 0 Å². The second kappa shape index (κ2) is 6.50. The first kappa shape index (κ1) is 17.4. The van der Waals surface area contributed by atoms with Crippen LogP contribution < -0.4 is 10.6 Å². The standard InChI is InChI=1S/C17H15ClN2O4S/c1-10-11(18)5-4-7-12(10)19-16(21)9-15-17(22)20-13-6-2-3-8-14(13)25(15,23)24/h2-8,15H,9H2,1H3,(H,19,21)(H,20,22)/t15-/m0/s1. The molecule has 0 spiro atoms. The van der Waals surface area contributed by atoms with Crippen LogP contribution in [-0.4, -0.2) is 25.5 Å². The number of amides is 2. The Kier molecular flexibility index (Phi) is 4.53.